The molecule has 0 unspecified atom stereocenters. The summed E-state index contributed by atoms with van der Waals surface area (Å²) < 4.78 is 0. The first-order valence-corrected chi connectivity index (χ1v) is 8.14. The largest absolute Gasteiger partial charge is 0.351 e. The van der Waals surface area contributed by atoms with Crippen molar-refractivity contribution in [3.8, 4) is 0 Å². The van der Waals surface area contributed by atoms with Crippen LogP contribution in [0.5, 0.6) is 0 Å². The van der Waals surface area contributed by atoms with Gasteiger partial charge in [-0.2, -0.15) is 0 Å². The number of carbonyl (C=O) groups is 2. The number of nitrogens with one attached hydrogen (secondary N) is 2. The fraction of sp³-hybridized carbons (Fsp3) is 0.600. The molecule has 0 aromatic carbocycles. The molecule has 1 fully saturated rings. The van der Waals surface area contributed by atoms with Gasteiger partial charge in [0.15, 0.2) is 0 Å². The summed E-state index contributed by atoms with van der Waals surface area (Å²) in [6.45, 7) is 4.99. The van der Waals surface area contributed by atoms with Gasteiger partial charge in [0.25, 0.3) is 5.91 Å². The summed E-state index contributed by atoms with van der Waals surface area (Å²) in [6.07, 6.45) is 4.12. The molecule has 2 rings (SSSR count). The summed E-state index contributed by atoms with van der Waals surface area (Å²) in [5.74, 6) is 0.752. The van der Waals surface area contributed by atoms with Crippen LogP contribution in [-0.4, -0.2) is 18.4 Å². The summed E-state index contributed by atoms with van der Waals surface area (Å²) in [7, 11) is 0. The van der Waals surface area contributed by atoms with E-state index in [0.717, 1.165) is 30.7 Å². The van der Waals surface area contributed by atoms with E-state index in [9.17, 15) is 9.59 Å². The van der Waals surface area contributed by atoms with Crippen LogP contribution in [0.25, 0.3) is 0 Å². The summed E-state index contributed by atoms with van der Waals surface area (Å²) in [5, 5.41) is 6.59. The van der Waals surface area contributed by atoms with E-state index in [4.69, 9.17) is 0 Å². The van der Waals surface area contributed by atoms with E-state index >= 15 is 0 Å². The molecule has 0 saturated heterocycles. The normalized spacial score (nSPS) is 14.3. The van der Waals surface area contributed by atoms with Crippen LogP contribution < -0.4 is 10.6 Å². The maximum Gasteiger partial charge on any atom is 0.261 e. The number of thiophene rings is 1. The summed E-state index contributed by atoms with van der Waals surface area (Å²) in [5.41, 5.74) is 0. The lowest BCUT2D eigenvalue weighted by atomic mass is 10.0. The van der Waals surface area contributed by atoms with Crippen LogP contribution in [0.3, 0.4) is 0 Å². The van der Waals surface area contributed by atoms with Crippen molar-refractivity contribution in [2.45, 2.75) is 39.5 Å². The molecule has 1 aromatic heterocycles. The molecule has 5 heteroatoms. The zero-order valence-corrected chi connectivity index (χ0v) is 12.9. The molecule has 20 heavy (non-hydrogen) atoms. The molecule has 0 aliphatic heterocycles. The topological polar surface area (TPSA) is 58.2 Å². The Morgan fingerprint density at radius 3 is 2.60 bits per heavy atom. The maximum absolute atomic E-state index is 12.0. The fourth-order valence-electron chi connectivity index (χ4n) is 2.00. The summed E-state index contributed by atoms with van der Waals surface area (Å²) in [4.78, 5) is 24.3. The van der Waals surface area contributed by atoms with E-state index in [1.54, 1.807) is 12.1 Å². The van der Waals surface area contributed by atoms with Gasteiger partial charge in [0, 0.05) is 12.5 Å². The van der Waals surface area contributed by atoms with E-state index in [1.165, 1.54) is 11.3 Å². The molecular weight excluding hydrogens is 272 g/mol. The van der Waals surface area contributed by atoms with E-state index < -0.39 is 0 Å². The highest BCUT2D eigenvalue weighted by Gasteiger charge is 2.29. The van der Waals surface area contributed by atoms with Crippen LogP contribution in [0.2, 0.25) is 0 Å². The molecule has 2 amide bonds. The first kappa shape index (κ1) is 15.0. The Balaban J connectivity index is 1.84. The predicted octanol–water partition coefficient (Wildman–Crippen LogP) is 3.26. The highest BCUT2D eigenvalue weighted by molar-refractivity contribution is 7.18. The van der Waals surface area contributed by atoms with Gasteiger partial charge in [0.1, 0.15) is 0 Å². The van der Waals surface area contributed by atoms with Crippen molar-refractivity contribution in [2.24, 2.45) is 11.8 Å². The molecule has 0 atom stereocenters. The predicted molar refractivity (Wildman–Crippen MR) is 82.1 cm³/mol. The standard InChI is InChI=1S/C15H22N2O2S/c1-3-10(4-2)9-16-15(19)12-7-8-13(20-12)17-14(18)11-5-6-11/h7-8,10-11H,3-6,9H2,1-2H3,(H,16,19)(H,17,18). The van der Waals surface area contributed by atoms with Crippen LogP contribution in [0.15, 0.2) is 12.1 Å². The molecule has 0 spiro atoms. The first-order chi connectivity index (χ1) is 9.63. The lowest BCUT2D eigenvalue weighted by Crippen LogP contribution is -2.28. The Kier molecular flexibility index (Phi) is 5.17. The molecular formula is C15H22N2O2S. The molecule has 0 bridgehead atoms. The number of hydrogen-bond acceptors (Lipinski definition) is 3. The van der Waals surface area contributed by atoms with Crippen molar-refractivity contribution < 1.29 is 9.59 Å². The first-order valence-electron chi connectivity index (χ1n) is 7.32. The van der Waals surface area contributed by atoms with E-state index in [2.05, 4.69) is 24.5 Å². The fourth-order valence-corrected chi connectivity index (χ4v) is 2.82. The number of carbonyl (C=O) groups excluding carboxylic acids is 2. The number of amides is 2. The van der Waals surface area contributed by atoms with Crippen molar-refractivity contribution in [3.05, 3.63) is 17.0 Å². The highest BCUT2D eigenvalue weighted by atomic mass is 32.1. The molecule has 1 aliphatic carbocycles. The zero-order valence-electron chi connectivity index (χ0n) is 12.1. The van der Waals surface area contributed by atoms with Gasteiger partial charge in [-0.3, -0.25) is 9.59 Å². The third kappa shape index (κ3) is 4.07. The Labute approximate surface area is 124 Å². The molecule has 0 radical (unpaired) electrons. The third-order valence-corrected chi connectivity index (χ3v) is 4.73. The SMILES string of the molecule is CCC(CC)CNC(=O)c1ccc(NC(=O)C2CC2)s1. The second-order valence-electron chi connectivity index (χ2n) is 5.32. The van der Waals surface area contributed by atoms with Gasteiger partial charge in [0.2, 0.25) is 5.91 Å². The van der Waals surface area contributed by atoms with Gasteiger partial charge < -0.3 is 10.6 Å². The minimum Gasteiger partial charge on any atom is -0.351 e. The average molecular weight is 294 g/mol. The van der Waals surface area contributed by atoms with Gasteiger partial charge in [-0.1, -0.05) is 26.7 Å². The van der Waals surface area contributed by atoms with Crippen LogP contribution >= 0.6 is 11.3 Å². The number of hydrogen-bond donors (Lipinski definition) is 2. The Hall–Kier alpha value is -1.36. The quantitative estimate of drug-likeness (QED) is 0.811. The molecule has 1 heterocycles. The third-order valence-electron chi connectivity index (χ3n) is 3.73. The molecule has 1 aliphatic rings. The molecule has 2 N–H and O–H groups in total. The molecule has 4 nitrogen and oxygen atoms in total. The monoisotopic (exact) mass is 294 g/mol. The summed E-state index contributed by atoms with van der Waals surface area (Å²) in [6, 6.07) is 3.58. The van der Waals surface area contributed by atoms with E-state index in [1.807, 2.05) is 0 Å². The Morgan fingerprint density at radius 2 is 2.00 bits per heavy atom. The van der Waals surface area contributed by atoms with Gasteiger partial charge in [-0.25, -0.2) is 0 Å². The van der Waals surface area contributed by atoms with Crippen LogP contribution in [0, 0.1) is 11.8 Å². The number of rotatable bonds is 7. The van der Waals surface area contributed by atoms with E-state index in [0.29, 0.717) is 17.3 Å². The summed E-state index contributed by atoms with van der Waals surface area (Å²) >= 11 is 1.34. The highest BCUT2D eigenvalue weighted by Crippen LogP contribution is 2.31. The van der Waals surface area contributed by atoms with Gasteiger partial charge in [-0.15, -0.1) is 11.3 Å². The molecule has 1 saturated carbocycles. The second-order valence-corrected chi connectivity index (χ2v) is 6.40. The van der Waals surface area contributed by atoms with Crippen LogP contribution in [0.4, 0.5) is 5.00 Å². The van der Waals surface area contributed by atoms with Gasteiger partial charge >= 0.3 is 0 Å². The van der Waals surface area contributed by atoms with Gasteiger partial charge in [-0.05, 0) is 30.9 Å². The Bertz CT molecular complexity index is 476. The number of anilines is 1. The second kappa shape index (κ2) is 6.88. The van der Waals surface area contributed by atoms with Crippen molar-refractivity contribution in [1.82, 2.24) is 5.32 Å². The maximum atomic E-state index is 12.0. The van der Waals surface area contributed by atoms with E-state index in [-0.39, 0.29) is 17.7 Å². The Morgan fingerprint density at radius 1 is 1.30 bits per heavy atom. The minimum absolute atomic E-state index is 0.0474. The van der Waals surface area contributed by atoms with Crippen molar-refractivity contribution in [2.75, 3.05) is 11.9 Å². The lowest BCUT2D eigenvalue weighted by Gasteiger charge is -2.12. The lowest BCUT2D eigenvalue weighted by molar-refractivity contribution is -0.117. The smallest absolute Gasteiger partial charge is 0.261 e. The van der Waals surface area contributed by atoms with Crippen molar-refractivity contribution >= 4 is 28.2 Å². The molecule has 110 valence electrons. The van der Waals surface area contributed by atoms with Crippen LogP contribution in [0.1, 0.15) is 49.2 Å². The van der Waals surface area contributed by atoms with Gasteiger partial charge in [0.05, 0.1) is 9.88 Å². The average Bonchev–Trinajstić information content (AvgIpc) is 3.20. The molecule has 1 aromatic rings. The zero-order chi connectivity index (χ0) is 14.5. The van der Waals surface area contributed by atoms with Crippen molar-refractivity contribution in [1.29, 1.82) is 0 Å². The van der Waals surface area contributed by atoms with Crippen LogP contribution in [-0.2, 0) is 4.79 Å². The minimum atomic E-state index is -0.0474. The van der Waals surface area contributed by atoms with Crippen molar-refractivity contribution in [3.63, 3.8) is 0 Å².